The van der Waals surface area contributed by atoms with Crippen molar-refractivity contribution >= 4 is 29.0 Å². The van der Waals surface area contributed by atoms with E-state index in [0.717, 1.165) is 35.7 Å². The third kappa shape index (κ3) is 4.59. The van der Waals surface area contributed by atoms with Gasteiger partial charge in [-0.25, -0.2) is 4.79 Å². The average Bonchev–Trinajstić information content (AvgIpc) is 3.15. The van der Waals surface area contributed by atoms with E-state index < -0.39 is 0 Å². The van der Waals surface area contributed by atoms with Crippen molar-refractivity contribution in [2.24, 2.45) is 0 Å². The van der Waals surface area contributed by atoms with Crippen LogP contribution in [0.5, 0.6) is 11.5 Å². The molecule has 0 aliphatic carbocycles. The lowest BCUT2D eigenvalue weighted by Gasteiger charge is -2.23. The summed E-state index contributed by atoms with van der Waals surface area (Å²) in [6.07, 6.45) is 0.252. The van der Waals surface area contributed by atoms with Gasteiger partial charge in [0.2, 0.25) is 5.91 Å². The van der Waals surface area contributed by atoms with Crippen LogP contribution in [0.2, 0.25) is 0 Å². The van der Waals surface area contributed by atoms with Crippen LogP contribution in [-0.2, 0) is 4.79 Å². The first-order valence-corrected chi connectivity index (χ1v) is 11.1. The number of benzene rings is 2. The fourth-order valence-corrected chi connectivity index (χ4v) is 4.17. The maximum absolute atomic E-state index is 12.6. The molecule has 1 atom stereocenters. The van der Waals surface area contributed by atoms with Gasteiger partial charge in [0.05, 0.1) is 6.04 Å². The average molecular weight is 439 g/mol. The molecule has 170 valence electrons. The molecule has 0 spiro atoms. The minimum absolute atomic E-state index is 0.0354. The lowest BCUT2D eigenvalue weighted by molar-refractivity contribution is -0.117. The Morgan fingerprint density at radius 2 is 1.84 bits per heavy atom. The molecule has 1 unspecified atom stereocenters. The molecule has 1 fully saturated rings. The summed E-state index contributed by atoms with van der Waals surface area (Å²) in [5.41, 5.74) is 3.62. The van der Waals surface area contributed by atoms with Crippen molar-refractivity contribution in [2.75, 3.05) is 48.0 Å². The number of fused-ring (bicyclic) bond motifs is 1. The minimum Gasteiger partial charge on any atom is -0.486 e. The van der Waals surface area contributed by atoms with Crippen molar-refractivity contribution in [3.63, 3.8) is 0 Å². The smallest absolute Gasteiger partial charge is 0.319 e. The maximum Gasteiger partial charge on any atom is 0.319 e. The van der Waals surface area contributed by atoms with Gasteiger partial charge in [-0.05, 0) is 56.7 Å². The maximum atomic E-state index is 12.6. The zero-order valence-electron chi connectivity index (χ0n) is 18.8. The second-order valence-electron chi connectivity index (χ2n) is 8.00. The Bertz CT molecular complexity index is 1010. The third-order valence-corrected chi connectivity index (χ3v) is 5.88. The van der Waals surface area contributed by atoms with Crippen molar-refractivity contribution in [1.29, 1.82) is 0 Å². The largest absolute Gasteiger partial charge is 0.486 e. The van der Waals surface area contributed by atoms with Crippen LogP contribution in [-0.4, -0.2) is 50.8 Å². The lowest BCUT2D eigenvalue weighted by atomic mass is 10.1. The topological polar surface area (TPSA) is 83.1 Å². The van der Waals surface area contributed by atoms with E-state index >= 15 is 0 Å². The highest BCUT2D eigenvalue weighted by molar-refractivity contribution is 5.98. The van der Waals surface area contributed by atoms with E-state index in [4.69, 9.17) is 9.47 Å². The molecule has 8 heteroatoms. The Balaban J connectivity index is 1.37. The summed E-state index contributed by atoms with van der Waals surface area (Å²) in [5, 5.41) is 5.84. The summed E-state index contributed by atoms with van der Waals surface area (Å²) in [5.74, 6) is 1.29. The molecule has 0 radical (unpaired) electrons. The number of rotatable bonds is 6. The van der Waals surface area contributed by atoms with Gasteiger partial charge in [0, 0.05) is 49.2 Å². The fraction of sp³-hybridized carbons (Fsp3) is 0.417. The molecule has 4 rings (SSSR count). The third-order valence-electron chi connectivity index (χ3n) is 5.88. The quantitative estimate of drug-likeness (QED) is 0.721. The predicted octanol–water partition coefficient (Wildman–Crippen LogP) is 3.54. The van der Waals surface area contributed by atoms with Gasteiger partial charge in [-0.1, -0.05) is 0 Å². The number of hydrogen-bond acceptors (Lipinski definition) is 5. The van der Waals surface area contributed by atoms with Crippen LogP contribution < -0.4 is 29.9 Å². The predicted molar refractivity (Wildman–Crippen MR) is 125 cm³/mol. The van der Waals surface area contributed by atoms with Crippen LogP contribution in [0.4, 0.5) is 21.9 Å². The number of hydrogen-bond donors (Lipinski definition) is 2. The molecule has 2 aliphatic heterocycles. The Kier molecular flexibility index (Phi) is 6.39. The van der Waals surface area contributed by atoms with Gasteiger partial charge in [0.25, 0.3) is 0 Å². The van der Waals surface area contributed by atoms with E-state index in [1.807, 2.05) is 37.3 Å². The van der Waals surface area contributed by atoms with Gasteiger partial charge in [-0.15, -0.1) is 0 Å². The summed E-state index contributed by atoms with van der Waals surface area (Å²) in [4.78, 5) is 29.1. The summed E-state index contributed by atoms with van der Waals surface area (Å²) in [6, 6.07) is 10.9. The van der Waals surface area contributed by atoms with Crippen molar-refractivity contribution in [1.82, 2.24) is 5.32 Å². The first-order valence-electron chi connectivity index (χ1n) is 11.1. The second-order valence-corrected chi connectivity index (χ2v) is 8.00. The number of urea groups is 1. The zero-order chi connectivity index (χ0) is 22.7. The highest BCUT2D eigenvalue weighted by Crippen LogP contribution is 2.35. The standard InChI is InChI=1S/C24H30N4O4/c1-4-27(5-2)18-6-8-20(16(3)12-18)26-24(30)25-17-13-23(29)28(15-17)19-7-9-21-22(14-19)32-11-10-31-21/h6-9,12,14,17H,4-5,10-11,13,15H2,1-3H3,(H2,25,26,30). The summed E-state index contributed by atoms with van der Waals surface area (Å²) < 4.78 is 11.2. The van der Waals surface area contributed by atoms with E-state index in [1.54, 1.807) is 4.90 Å². The molecular formula is C24H30N4O4. The van der Waals surface area contributed by atoms with Gasteiger partial charge in [0.15, 0.2) is 11.5 Å². The first kappa shape index (κ1) is 21.8. The molecule has 2 aliphatic rings. The summed E-state index contributed by atoms with van der Waals surface area (Å²) >= 11 is 0. The van der Waals surface area contributed by atoms with Gasteiger partial charge in [0.1, 0.15) is 13.2 Å². The van der Waals surface area contributed by atoms with Crippen molar-refractivity contribution in [3.8, 4) is 11.5 Å². The second kappa shape index (κ2) is 9.38. The molecule has 32 heavy (non-hydrogen) atoms. The minimum atomic E-state index is -0.314. The number of aryl methyl sites for hydroxylation is 1. The van der Waals surface area contributed by atoms with Crippen LogP contribution >= 0.6 is 0 Å². The molecule has 2 aromatic carbocycles. The molecule has 2 heterocycles. The molecule has 1 saturated heterocycles. The van der Waals surface area contributed by atoms with Crippen LogP contribution in [0.3, 0.4) is 0 Å². The van der Waals surface area contributed by atoms with E-state index in [9.17, 15) is 9.59 Å². The Morgan fingerprint density at radius 1 is 1.09 bits per heavy atom. The summed E-state index contributed by atoms with van der Waals surface area (Å²) in [7, 11) is 0. The summed E-state index contributed by atoms with van der Waals surface area (Å²) in [6.45, 7) is 9.50. The van der Waals surface area contributed by atoms with Crippen molar-refractivity contribution in [2.45, 2.75) is 33.2 Å². The van der Waals surface area contributed by atoms with Crippen LogP contribution in [0, 0.1) is 6.92 Å². The highest BCUT2D eigenvalue weighted by Gasteiger charge is 2.32. The molecule has 2 aromatic rings. The number of carbonyl (C=O) groups is 2. The molecule has 0 saturated carbocycles. The molecule has 3 amide bonds. The Hall–Kier alpha value is -3.42. The number of anilines is 3. The lowest BCUT2D eigenvalue weighted by Crippen LogP contribution is -2.39. The van der Waals surface area contributed by atoms with Crippen molar-refractivity contribution in [3.05, 3.63) is 42.0 Å². The number of ether oxygens (including phenoxy) is 2. The van der Waals surface area contributed by atoms with Gasteiger partial charge in [-0.2, -0.15) is 0 Å². The van der Waals surface area contributed by atoms with E-state index in [1.165, 1.54) is 0 Å². The number of amides is 3. The molecule has 0 aromatic heterocycles. The zero-order valence-corrected chi connectivity index (χ0v) is 18.8. The molecular weight excluding hydrogens is 408 g/mol. The molecule has 0 bridgehead atoms. The van der Waals surface area contributed by atoms with E-state index in [0.29, 0.717) is 31.3 Å². The van der Waals surface area contributed by atoms with E-state index in [-0.39, 0.29) is 24.4 Å². The van der Waals surface area contributed by atoms with Gasteiger partial charge in [-0.3, -0.25) is 4.79 Å². The SMILES string of the molecule is CCN(CC)c1ccc(NC(=O)NC2CC(=O)N(c3ccc4c(c3)OCCO4)C2)c(C)c1. The van der Waals surface area contributed by atoms with Crippen LogP contribution in [0.25, 0.3) is 0 Å². The first-order chi connectivity index (χ1) is 15.5. The van der Waals surface area contributed by atoms with Crippen LogP contribution in [0.15, 0.2) is 36.4 Å². The van der Waals surface area contributed by atoms with Crippen LogP contribution in [0.1, 0.15) is 25.8 Å². The highest BCUT2D eigenvalue weighted by atomic mass is 16.6. The molecule has 8 nitrogen and oxygen atoms in total. The Morgan fingerprint density at radius 3 is 2.56 bits per heavy atom. The van der Waals surface area contributed by atoms with E-state index in [2.05, 4.69) is 35.4 Å². The van der Waals surface area contributed by atoms with Gasteiger partial charge < -0.3 is 29.9 Å². The fourth-order valence-electron chi connectivity index (χ4n) is 4.17. The normalized spacial score (nSPS) is 17.3. The molecule has 2 N–H and O–H groups in total. The number of carbonyl (C=O) groups excluding carboxylic acids is 2. The monoisotopic (exact) mass is 438 g/mol. The Labute approximate surface area is 188 Å². The van der Waals surface area contributed by atoms with Gasteiger partial charge >= 0.3 is 6.03 Å². The number of nitrogens with one attached hydrogen (secondary N) is 2. The number of nitrogens with zero attached hydrogens (tertiary/aromatic N) is 2. The van der Waals surface area contributed by atoms with Crippen molar-refractivity contribution < 1.29 is 19.1 Å².